The van der Waals surface area contributed by atoms with Crippen molar-refractivity contribution in [2.45, 2.75) is 50.7 Å². The summed E-state index contributed by atoms with van der Waals surface area (Å²) in [4.78, 5) is 2.41. The van der Waals surface area contributed by atoms with E-state index >= 15 is 0 Å². The quantitative estimate of drug-likeness (QED) is 0.885. The van der Waals surface area contributed by atoms with E-state index in [-0.39, 0.29) is 24.7 Å². The molecule has 1 fully saturated rings. The van der Waals surface area contributed by atoms with E-state index in [9.17, 15) is 5.11 Å². The Hall–Kier alpha value is -0.420. The summed E-state index contributed by atoms with van der Waals surface area (Å²) >= 11 is 3.65. The molecule has 3 nitrogen and oxygen atoms in total. The molecule has 0 radical (unpaired) electrons. The van der Waals surface area contributed by atoms with Crippen molar-refractivity contribution < 1.29 is 5.11 Å². The number of aliphatic hydroxyl groups is 1. The van der Waals surface area contributed by atoms with E-state index in [0.29, 0.717) is 0 Å². The van der Waals surface area contributed by atoms with Crippen molar-refractivity contribution in [1.29, 1.82) is 0 Å². The summed E-state index contributed by atoms with van der Waals surface area (Å²) in [6.07, 6.45) is 4.69. The number of benzene rings is 1. The molecule has 1 aliphatic rings. The maximum absolute atomic E-state index is 9.74. The molecule has 0 spiro atoms. The second-order valence-corrected chi connectivity index (χ2v) is 6.60. The van der Waals surface area contributed by atoms with Crippen LogP contribution in [-0.2, 0) is 0 Å². The van der Waals surface area contributed by atoms with E-state index in [2.05, 4.69) is 46.0 Å². The Kier molecular flexibility index (Phi) is 6.02. The van der Waals surface area contributed by atoms with Crippen LogP contribution < -0.4 is 5.73 Å². The van der Waals surface area contributed by atoms with Crippen LogP contribution in [0.15, 0.2) is 28.7 Å². The molecule has 3 atom stereocenters. The number of halogens is 1. The third-order valence-electron chi connectivity index (χ3n) is 4.21. The average molecular weight is 341 g/mol. The van der Waals surface area contributed by atoms with Crippen LogP contribution in [0.4, 0.5) is 0 Å². The van der Waals surface area contributed by atoms with Crippen LogP contribution in [0.5, 0.6) is 0 Å². The molecule has 1 heterocycles. The molecule has 3 unspecified atom stereocenters. The summed E-state index contributed by atoms with van der Waals surface area (Å²) in [6.45, 7) is 3.29. The molecule has 1 aromatic rings. The number of likely N-dealkylation sites (tertiary alicyclic amines) is 1. The van der Waals surface area contributed by atoms with E-state index in [1.54, 1.807) is 0 Å². The van der Waals surface area contributed by atoms with Crippen LogP contribution in [0.1, 0.15) is 44.2 Å². The average Bonchev–Trinajstić information content (AvgIpc) is 2.66. The van der Waals surface area contributed by atoms with Crippen LogP contribution in [0.2, 0.25) is 0 Å². The lowest BCUT2D eigenvalue weighted by Gasteiger charge is -2.39. The Morgan fingerprint density at radius 2 is 2.10 bits per heavy atom. The van der Waals surface area contributed by atoms with Gasteiger partial charge in [-0.2, -0.15) is 0 Å². The number of hydrogen-bond donors (Lipinski definition) is 2. The predicted molar refractivity (Wildman–Crippen MR) is 86.6 cm³/mol. The van der Waals surface area contributed by atoms with Gasteiger partial charge in [-0.1, -0.05) is 47.0 Å². The SMILES string of the molecule is CC(N)C(c1ccccc1Br)N1CCCCCC1CO. The van der Waals surface area contributed by atoms with Gasteiger partial charge in [0, 0.05) is 16.6 Å². The third kappa shape index (κ3) is 3.61. The molecule has 0 amide bonds. The molecule has 0 bridgehead atoms. The Labute approximate surface area is 130 Å². The van der Waals surface area contributed by atoms with Gasteiger partial charge in [-0.25, -0.2) is 0 Å². The first-order valence-electron chi connectivity index (χ1n) is 7.51. The minimum atomic E-state index is 0.0286. The third-order valence-corrected chi connectivity index (χ3v) is 4.93. The van der Waals surface area contributed by atoms with Gasteiger partial charge in [0.1, 0.15) is 0 Å². The summed E-state index contributed by atoms with van der Waals surface area (Å²) < 4.78 is 1.10. The number of aliphatic hydroxyl groups excluding tert-OH is 1. The van der Waals surface area contributed by atoms with Crippen LogP contribution >= 0.6 is 15.9 Å². The summed E-state index contributed by atoms with van der Waals surface area (Å²) in [7, 11) is 0. The lowest BCUT2D eigenvalue weighted by atomic mass is 9.97. The monoisotopic (exact) mass is 340 g/mol. The van der Waals surface area contributed by atoms with E-state index in [1.807, 2.05) is 6.07 Å². The van der Waals surface area contributed by atoms with Gasteiger partial charge in [0.05, 0.1) is 12.6 Å². The number of nitrogens with two attached hydrogens (primary N) is 1. The molecule has 0 aromatic heterocycles. The lowest BCUT2D eigenvalue weighted by molar-refractivity contribution is 0.0744. The van der Waals surface area contributed by atoms with Crippen LogP contribution in [0.3, 0.4) is 0 Å². The highest BCUT2D eigenvalue weighted by molar-refractivity contribution is 9.10. The first-order valence-corrected chi connectivity index (χ1v) is 8.31. The molecule has 1 aliphatic heterocycles. The molecule has 4 heteroatoms. The Balaban J connectivity index is 2.33. The second kappa shape index (κ2) is 7.55. The molecule has 20 heavy (non-hydrogen) atoms. The van der Waals surface area contributed by atoms with Gasteiger partial charge in [-0.3, -0.25) is 4.90 Å². The number of rotatable bonds is 4. The molecule has 2 rings (SSSR count). The molecule has 3 N–H and O–H groups in total. The van der Waals surface area contributed by atoms with E-state index in [1.165, 1.54) is 24.8 Å². The van der Waals surface area contributed by atoms with Crippen molar-refractivity contribution in [3.05, 3.63) is 34.3 Å². The number of nitrogens with zero attached hydrogens (tertiary/aromatic N) is 1. The van der Waals surface area contributed by atoms with E-state index in [4.69, 9.17) is 5.73 Å². The molecule has 0 aliphatic carbocycles. The minimum Gasteiger partial charge on any atom is -0.395 e. The standard InChI is InChI=1S/C16H25BrN2O/c1-12(18)16(14-8-4-5-9-15(14)17)19-10-6-2-3-7-13(19)11-20/h4-5,8-9,12-13,16,20H,2-3,6-7,10-11,18H2,1H3. The fraction of sp³-hybridized carbons (Fsp3) is 0.625. The normalized spacial score (nSPS) is 24.1. The highest BCUT2D eigenvalue weighted by Crippen LogP contribution is 2.33. The maximum Gasteiger partial charge on any atom is 0.0587 e. The summed E-state index contributed by atoms with van der Waals surface area (Å²) in [5, 5.41) is 9.74. The minimum absolute atomic E-state index is 0.0286. The fourth-order valence-corrected chi connectivity index (χ4v) is 3.76. The van der Waals surface area contributed by atoms with Gasteiger partial charge in [-0.15, -0.1) is 0 Å². The van der Waals surface area contributed by atoms with Gasteiger partial charge >= 0.3 is 0 Å². The van der Waals surface area contributed by atoms with E-state index in [0.717, 1.165) is 17.4 Å². The first kappa shape index (κ1) is 16.0. The first-order chi connectivity index (χ1) is 9.65. The Morgan fingerprint density at radius 3 is 2.75 bits per heavy atom. The van der Waals surface area contributed by atoms with Gasteiger partial charge in [-0.05, 0) is 37.9 Å². The summed E-state index contributed by atoms with van der Waals surface area (Å²) in [5.74, 6) is 0. The molecule has 1 aromatic carbocycles. The largest absolute Gasteiger partial charge is 0.395 e. The van der Waals surface area contributed by atoms with Crippen molar-refractivity contribution in [3.63, 3.8) is 0 Å². The zero-order chi connectivity index (χ0) is 14.5. The molecule has 1 saturated heterocycles. The highest BCUT2D eigenvalue weighted by Gasteiger charge is 2.31. The van der Waals surface area contributed by atoms with Gasteiger partial charge in [0.15, 0.2) is 0 Å². The fourth-order valence-electron chi connectivity index (χ4n) is 3.24. The number of hydrogen-bond acceptors (Lipinski definition) is 3. The molecule has 0 saturated carbocycles. The summed E-state index contributed by atoms with van der Waals surface area (Å²) in [6, 6.07) is 8.69. The van der Waals surface area contributed by atoms with Gasteiger partial charge in [0.25, 0.3) is 0 Å². The van der Waals surface area contributed by atoms with Gasteiger partial charge in [0.2, 0.25) is 0 Å². The Morgan fingerprint density at radius 1 is 1.35 bits per heavy atom. The van der Waals surface area contributed by atoms with Gasteiger partial charge < -0.3 is 10.8 Å². The van der Waals surface area contributed by atoms with Crippen molar-refractivity contribution in [1.82, 2.24) is 4.90 Å². The van der Waals surface area contributed by atoms with Crippen LogP contribution in [0, 0.1) is 0 Å². The maximum atomic E-state index is 9.74. The van der Waals surface area contributed by atoms with Crippen LogP contribution in [0.25, 0.3) is 0 Å². The highest BCUT2D eigenvalue weighted by atomic mass is 79.9. The van der Waals surface area contributed by atoms with E-state index < -0.39 is 0 Å². The van der Waals surface area contributed by atoms with Crippen molar-refractivity contribution in [3.8, 4) is 0 Å². The molecular weight excluding hydrogens is 316 g/mol. The van der Waals surface area contributed by atoms with Crippen molar-refractivity contribution in [2.24, 2.45) is 5.73 Å². The zero-order valence-electron chi connectivity index (χ0n) is 12.1. The lowest BCUT2D eigenvalue weighted by Crippen LogP contribution is -2.46. The van der Waals surface area contributed by atoms with Crippen molar-refractivity contribution >= 4 is 15.9 Å². The molecular formula is C16H25BrN2O. The predicted octanol–water partition coefficient (Wildman–Crippen LogP) is 3.07. The zero-order valence-corrected chi connectivity index (χ0v) is 13.7. The van der Waals surface area contributed by atoms with Crippen molar-refractivity contribution in [2.75, 3.05) is 13.2 Å². The second-order valence-electron chi connectivity index (χ2n) is 5.75. The summed E-state index contributed by atoms with van der Waals surface area (Å²) in [5.41, 5.74) is 7.52. The smallest absolute Gasteiger partial charge is 0.0587 e. The Bertz CT molecular complexity index is 425. The topological polar surface area (TPSA) is 49.5 Å². The molecule has 112 valence electrons. The van der Waals surface area contributed by atoms with Crippen LogP contribution in [-0.4, -0.2) is 35.2 Å².